The van der Waals surface area contributed by atoms with Gasteiger partial charge in [-0.15, -0.1) is 0 Å². The van der Waals surface area contributed by atoms with E-state index in [4.69, 9.17) is 16.6 Å². The number of imidazole rings is 1. The molecule has 0 aliphatic carbocycles. The van der Waals surface area contributed by atoms with E-state index in [1.54, 1.807) is 24.3 Å². The Morgan fingerprint density at radius 2 is 1.67 bits per heavy atom. The normalized spacial score (nSPS) is 11.1. The van der Waals surface area contributed by atoms with Crippen molar-refractivity contribution in [2.24, 2.45) is 0 Å². The fourth-order valence-corrected chi connectivity index (χ4v) is 4.36. The summed E-state index contributed by atoms with van der Waals surface area (Å²) in [4.78, 5) is 17.1. The summed E-state index contributed by atoms with van der Waals surface area (Å²) in [5.74, 6) is 1.09. The SMILES string of the molecule is O=C(NCCCCCc1nc2ccccc2n1CCCc1ccccc1)c1cccc(Cl)c1. The molecule has 4 rings (SSSR count). The highest BCUT2D eigenvalue weighted by atomic mass is 35.5. The Morgan fingerprint density at radius 1 is 0.848 bits per heavy atom. The van der Waals surface area contributed by atoms with Crippen molar-refractivity contribution in [3.8, 4) is 0 Å². The molecule has 170 valence electrons. The molecule has 1 heterocycles. The predicted octanol–water partition coefficient (Wildman–Crippen LogP) is 6.47. The molecular weight excluding hydrogens is 430 g/mol. The smallest absolute Gasteiger partial charge is 0.251 e. The summed E-state index contributed by atoms with van der Waals surface area (Å²) in [5, 5.41) is 3.56. The van der Waals surface area contributed by atoms with Gasteiger partial charge in [0.15, 0.2) is 0 Å². The number of carbonyl (C=O) groups excluding carboxylic acids is 1. The van der Waals surface area contributed by atoms with Crippen LogP contribution in [0.15, 0.2) is 78.9 Å². The Labute approximate surface area is 200 Å². The zero-order valence-electron chi connectivity index (χ0n) is 18.8. The van der Waals surface area contributed by atoms with Gasteiger partial charge in [-0.05, 0) is 61.6 Å². The minimum atomic E-state index is -0.0716. The summed E-state index contributed by atoms with van der Waals surface area (Å²) in [5.41, 5.74) is 4.27. The second kappa shape index (κ2) is 11.7. The van der Waals surface area contributed by atoms with Crippen LogP contribution in [0.25, 0.3) is 11.0 Å². The second-order valence-electron chi connectivity index (χ2n) is 8.33. The van der Waals surface area contributed by atoms with Crippen molar-refractivity contribution in [1.82, 2.24) is 14.9 Å². The van der Waals surface area contributed by atoms with Crippen LogP contribution in [0, 0.1) is 0 Å². The van der Waals surface area contributed by atoms with Crippen molar-refractivity contribution in [3.63, 3.8) is 0 Å². The molecule has 0 fully saturated rings. The van der Waals surface area contributed by atoms with E-state index in [1.165, 1.54) is 11.1 Å². The van der Waals surface area contributed by atoms with Gasteiger partial charge in [-0.2, -0.15) is 0 Å². The van der Waals surface area contributed by atoms with E-state index in [0.717, 1.165) is 56.4 Å². The number of fused-ring (bicyclic) bond motifs is 1. The molecule has 33 heavy (non-hydrogen) atoms. The molecule has 4 aromatic rings. The first-order valence-electron chi connectivity index (χ1n) is 11.7. The molecule has 0 saturated heterocycles. The molecule has 0 unspecified atom stereocenters. The maximum Gasteiger partial charge on any atom is 0.251 e. The van der Waals surface area contributed by atoms with Crippen LogP contribution >= 0.6 is 11.6 Å². The lowest BCUT2D eigenvalue weighted by Gasteiger charge is -2.10. The van der Waals surface area contributed by atoms with E-state index >= 15 is 0 Å². The number of hydrogen-bond acceptors (Lipinski definition) is 2. The van der Waals surface area contributed by atoms with E-state index in [1.807, 2.05) is 0 Å². The molecule has 0 radical (unpaired) electrons. The number of carbonyl (C=O) groups is 1. The van der Waals surface area contributed by atoms with Crippen molar-refractivity contribution >= 4 is 28.5 Å². The average Bonchev–Trinajstić information content (AvgIpc) is 3.19. The van der Waals surface area contributed by atoms with Gasteiger partial charge in [0.05, 0.1) is 11.0 Å². The van der Waals surface area contributed by atoms with Crippen molar-refractivity contribution in [3.05, 3.63) is 101 Å². The Hall–Kier alpha value is -3.11. The van der Waals surface area contributed by atoms with E-state index in [-0.39, 0.29) is 5.91 Å². The van der Waals surface area contributed by atoms with E-state index < -0.39 is 0 Å². The van der Waals surface area contributed by atoms with Gasteiger partial charge in [-0.25, -0.2) is 4.98 Å². The minimum Gasteiger partial charge on any atom is -0.352 e. The van der Waals surface area contributed by atoms with E-state index in [0.29, 0.717) is 17.1 Å². The molecule has 0 aliphatic rings. The van der Waals surface area contributed by atoms with Crippen molar-refractivity contribution in [1.29, 1.82) is 0 Å². The molecular formula is C28H30ClN3O. The molecule has 0 spiro atoms. The van der Waals surface area contributed by atoms with Gasteiger partial charge < -0.3 is 9.88 Å². The lowest BCUT2D eigenvalue weighted by molar-refractivity contribution is 0.0953. The van der Waals surface area contributed by atoms with Crippen LogP contribution in [-0.2, 0) is 19.4 Å². The number of halogens is 1. The molecule has 4 nitrogen and oxygen atoms in total. The van der Waals surface area contributed by atoms with Gasteiger partial charge in [0.2, 0.25) is 0 Å². The Kier molecular flexibility index (Phi) is 8.15. The van der Waals surface area contributed by atoms with Crippen LogP contribution in [0.3, 0.4) is 0 Å². The summed E-state index contributed by atoms with van der Waals surface area (Å²) in [7, 11) is 0. The lowest BCUT2D eigenvalue weighted by atomic mass is 10.1. The first kappa shape index (κ1) is 23.1. The highest BCUT2D eigenvalue weighted by Gasteiger charge is 2.10. The van der Waals surface area contributed by atoms with Gasteiger partial charge in [0.1, 0.15) is 5.82 Å². The third-order valence-corrected chi connectivity index (χ3v) is 6.11. The van der Waals surface area contributed by atoms with E-state index in [2.05, 4.69) is 64.5 Å². The summed E-state index contributed by atoms with van der Waals surface area (Å²) in [6, 6.07) is 26.1. The molecule has 0 saturated carbocycles. The van der Waals surface area contributed by atoms with Crippen LogP contribution in [0.4, 0.5) is 0 Å². The molecule has 1 amide bonds. The van der Waals surface area contributed by atoms with Gasteiger partial charge in [-0.1, -0.05) is 66.6 Å². The molecule has 1 aromatic heterocycles. The third kappa shape index (κ3) is 6.45. The Bertz CT molecular complexity index is 1190. The standard InChI is InChI=1S/C28H30ClN3O/c29-24-15-9-14-23(21-24)28(33)30-19-8-2-5-18-27-31-25-16-6-7-17-26(25)32(27)20-10-13-22-11-3-1-4-12-22/h1,3-4,6-7,9,11-12,14-17,21H,2,5,8,10,13,18-20H2,(H,30,33). The number of hydrogen-bond donors (Lipinski definition) is 1. The van der Waals surface area contributed by atoms with Crippen LogP contribution < -0.4 is 5.32 Å². The minimum absolute atomic E-state index is 0.0716. The van der Waals surface area contributed by atoms with Crippen molar-refractivity contribution in [2.45, 2.75) is 45.1 Å². The number of aryl methyl sites for hydroxylation is 3. The van der Waals surface area contributed by atoms with Gasteiger partial charge in [0, 0.05) is 30.1 Å². The quantitative estimate of drug-likeness (QED) is 0.261. The number of amides is 1. The number of para-hydroxylation sites is 2. The zero-order chi connectivity index (χ0) is 22.9. The van der Waals surface area contributed by atoms with Crippen molar-refractivity contribution < 1.29 is 4.79 Å². The van der Waals surface area contributed by atoms with Crippen molar-refractivity contribution in [2.75, 3.05) is 6.54 Å². The molecule has 3 aromatic carbocycles. The maximum absolute atomic E-state index is 12.2. The predicted molar refractivity (Wildman–Crippen MR) is 136 cm³/mol. The Morgan fingerprint density at radius 3 is 2.52 bits per heavy atom. The van der Waals surface area contributed by atoms with Gasteiger partial charge in [-0.3, -0.25) is 4.79 Å². The largest absolute Gasteiger partial charge is 0.352 e. The van der Waals surface area contributed by atoms with Crippen LogP contribution in [0.1, 0.15) is 47.4 Å². The number of benzene rings is 3. The first-order valence-corrected chi connectivity index (χ1v) is 12.1. The molecule has 0 aliphatic heterocycles. The molecule has 0 bridgehead atoms. The highest BCUT2D eigenvalue weighted by molar-refractivity contribution is 6.30. The highest BCUT2D eigenvalue weighted by Crippen LogP contribution is 2.19. The molecule has 1 N–H and O–H groups in total. The van der Waals surface area contributed by atoms with Crippen LogP contribution in [0.2, 0.25) is 5.02 Å². The molecule has 0 atom stereocenters. The number of rotatable bonds is 11. The number of unbranched alkanes of at least 4 members (excludes halogenated alkanes) is 2. The average molecular weight is 460 g/mol. The fraction of sp³-hybridized carbons (Fsp3) is 0.286. The van der Waals surface area contributed by atoms with Gasteiger partial charge >= 0.3 is 0 Å². The number of nitrogens with zero attached hydrogens (tertiary/aromatic N) is 2. The first-order chi connectivity index (χ1) is 16.2. The maximum atomic E-state index is 12.2. The zero-order valence-corrected chi connectivity index (χ0v) is 19.6. The van der Waals surface area contributed by atoms with E-state index in [9.17, 15) is 4.79 Å². The summed E-state index contributed by atoms with van der Waals surface area (Å²) < 4.78 is 2.39. The van der Waals surface area contributed by atoms with Gasteiger partial charge in [0.25, 0.3) is 5.91 Å². The summed E-state index contributed by atoms with van der Waals surface area (Å²) >= 11 is 5.97. The molecule has 5 heteroatoms. The second-order valence-corrected chi connectivity index (χ2v) is 8.77. The number of aromatic nitrogens is 2. The third-order valence-electron chi connectivity index (χ3n) is 5.87. The monoisotopic (exact) mass is 459 g/mol. The summed E-state index contributed by atoms with van der Waals surface area (Å²) in [6.45, 7) is 1.64. The fourth-order valence-electron chi connectivity index (χ4n) is 4.17. The Balaban J connectivity index is 1.26. The topological polar surface area (TPSA) is 46.9 Å². The lowest BCUT2D eigenvalue weighted by Crippen LogP contribution is -2.24. The van der Waals surface area contributed by atoms with Crippen LogP contribution in [0.5, 0.6) is 0 Å². The summed E-state index contributed by atoms with van der Waals surface area (Å²) in [6.07, 6.45) is 6.15. The van der Waals surface area contributed by atoms with Crippen LogP contribution in [-0.4, -0.2) is 22.0 Å². The number of nitrogens with one attached hydrogen (secondary N) is 1.